The summed E-state index contributed by atoms with van der Waals surface area (Å²) in [5, 5.41) is 2.97. The van der Waals surface area contributed by atoms with Crippen LogP contribution >= 0.6 is 0 Å². The zero-order valence-electron chi connectivity index (χ0n) is 11.1. The van der Waals surface area contributed by atoms with E-state index in [4.69, 9.17) is 4.74 Å². The van der Waals surface area contributed by atoms with Gasteiger partial charge in [-0.1, -0.05) is 39.5 Å². The van der Waals surface area contributed by atoms with Crippen molar-refractivity contribution in [3.8, 4) is 0 Å². The second-order valence-electron chi connectivity index (χ2n) is 5.22. The van der Waals surface area contributed by atoms with Gasteiger partial charge in [-0.2, -0.15) is 0 Å². The van der Waals surface area contributed by atoms with E-state index in [-0.39, 0.29) is 0 Å². The molecule has 0 unspecified atom stereocenters. The van der Waals surface area contributed by atoms with Crippen molar-refractivity contribution in [2.75, 3.05) is 13.2 Å². The maximum absolute atomic E-state index is 5.07. The Kier molecular flexibility index (Phi) is 11.4. The number of hydrogen-bond acceptors (Lipinski definition) is 1. The van der Waals surface area contributed by atoms with Crippen LogP contribution in [0.3, 0.4) is 0 Å². The summed E-state index contributed by atoms with van der Waals surface area (Å²) in [7, 11) is 0. The Balaban J connectivity index is 0.000000280. The van der Waals surface area contributed by atoms with E-state index in [1.807, 2.05) is 0 Å². The first-order valence-corrected chi connectivity index (χ1v) is 8.15. The molecule has 0 amide bonds. The highest BCUT2D eigenvalue weighted by atomic mass is 27.1. The predicted octanol–water partition coefficient (Wildman–Crippen LogP) is 4.03. The van der Waals surface area contributed by atoms with Crippen LogP contribution in [0.25, 0.3) is 0 Å². The number of ether oxygens (including phenoxy) is 1. The summed E-state index contributed by atoms with van der Waals surface area (Å²) in [6, 6.07) is 0. The van der Waals surface area contributed by atoms with Gasteiger partial charge in [0.1, 0.15) is 0 Å². The molecule has 2 heteroatoms. The summed E-state index contributed by atoms with van der Waals surface area (Å²) >= 11 is 0.755. The third-order valence-corrected chi connectivity index (χ3v) is 4.91. The lowest BCUT2D eigenvalue weighted by Crippen LogP contribution is -2.03. The fraction of sp³-hybridized carbons (Fsp3) is 1.00. The lowest BCUT2D eigenvalue weighted by atomic mass is 10.2. The predicted molar refractivity (Wildman–Crippen MR) is 69.7 cm³/mol. The number of rotatable bonds is 4. The molecule has 89 valence electrons. The monoisotopic (exact) mass is 227 g/mol. The molecular formula is C13H28AlO. The second kappa shape index (κ2) is 11.0. The van der Waals surface area contributed by atoms with E-state index in [0.717, 1.165) is 40.3 Å². The van der Waals surface area contributed by atoms with Crippen LogP contribution in [0.4, 0.5) is 0 Å². The van der Waals surface area contributed by atoms with Crippen LogP contribution in [-0.2, 0) is 4.74 Å². The Morgan fingerprint density at radius 2 is 1.33 bits per heavy atom. The Labute approximate surface area is 103 Å². The first-order chi connectivity index (χ1) is 7.13. The van der Waals surface area contributed by atoms with Crippen molar-refractivity contribution in [2.24, 2.45) is 11.8 Å². The molecule has 0 atom stereocenters. The van der Waals surface area contributed by atoms with Crippen molar-refractivity contribution in [3.63, 3.8) is 0 Å². The SMILES string of the molecule is C1CCOCC1.CC(C)[CH2][Al][CH2]C(C)C. The largest absolute Gasteiger partial charge is 0.381 e. The van der Waals surface area contributed by atoms with Gasteiger partial charge in [0.2, 0.25) is 15.2 Å². The van der Waals surface area contributed by atoms with E-state index in [2.05, 4.69) is 27.7 Å². The third kappa shape index (κ3) is 14.5. The molecule has 1 fully saturated rings. The molecule has 0 aliphatic carbocycles. The minimum absolute atomic E-state index is 0.755. The highest BCUT2D eigenvalue weighted by Crippen LogP contribution is 2.05. The van der Waals surface area contributed by atoms with Crippen LogP contribution in [-0.4, -0.2) is 28.4 Å². The van der Waals surface area contributed by atoms with Gasteiger partial charge < -0.3 is 4.74 Å². The zero-order chi connectivity index (χ0) is 11.5. The van der Waals surface area contributed by atoms with E-state index in [1.54, 1.807) is 0 Å². The van der Waals surface area contributed by atoms with Crippen LogP contribution in [0, 0.1) is 11.8 Å². The normalized spacial score (nSPS) is 16.1. The topological polar surface area (TPSA) is 9.23 Å². The summed E-state index contributed by atoms with van der Waals surface area (Å²) in [4.78, 5) is 0. The molecule has 1 heterocycles. The van der Waals surface area contributed by atoms with E-state index >= 15 is 0 Å². The highest BCUT2D eigenvalue weighted by molar-refractivity contribution is 6.35. The van der Waals surface area contributed by atoms with Gasteiger partial charge in [-0.05, 0) is 19.3 Å². The molecule has 1 rings (SSSR count). The Morgan fingerprint density at radius 1 is 0.867 bits per heavy atom. The molecule has 1 radical (unpaired) electrons. The second-order valence-corrected chi connectivity index (χ2v) is 6.74. The molecule has 1 aliphatic rings. The minimum Gasteiger partial charge on any atom is -0.381 e. The molecular weight excluding hydrogens is 199 g/mol. The van der Waals surface area contributed by atoms with E-state index in [9.17, 15) is 0 Å². The summed E-state index contributed by atoms with van der Waals surface area (Å²) < 4.78 is 5.07. The minimum atomic E-state index is 0.755. The van der Waals surface area contributed by atoms with E-state index in [0.29, 0.717) is 0 Å². The van der Waals surface area contributed by atoms with Crippen LogP contribution < -0.4 is 0 Å². The molecule has 0 spiro atoms. The molecule has 1 aliphatic heterocycles. The smallest absolute Gasteiger partial charge is 0.200 e. The fourth-order valence-electron chi connectivity index (χ4n) is 1.45. The Morgan fingerprint density at radius 3 is 1.53 bits per heavy atom. The van der Waals surface area contributed by atoms with Crippen LogP contribution in [0.1, 0.15) is 47.0 Å². The van der Waals surface area contributed by atoms with Gasteiger partial charge in [0, 0.05) is 13.2 Å². The van der Waals surface area contributed by atoms with Gasteiger partial charge in [0.05, 0.1) is 0 Å². The molecule has 0 bridgehead atoms. The van der Waals surface area contributed by atoms with Crippen molar-refractivity contribution in [1.29, 1.82) is 0 Å². The molecule has 0 N–H and O–H groups in total. The van der Waals surface area contributed by atoms with Gasteiger partial charge in [0.25, 0.3) is 0 Å². The average Bonchev–Trinajstić information content (AvgIpc) is 2.20. The lowest BCUT2D eigenvalue weighted by molar-refractivity contribution is 0.0968. The van der Waals surface area contributed by atoms with Gasteiger partial charge in [-0.3, -0.25) is 0 Å². The Bertz CT molecular complexity index is 100. The van der Waals surface area contributed by atoms with Crippen LogP contribution in [0.5, 0.6) is 0 Å². The van der Waals surface area contributed by atoms with Crippen molar-refractivity contribution >= 4 is 15.2 Å². The van der Waals surface area contributed by atoms with Crippen LogP contribution in [0.15, 0.2) is 0 Å². The molecule has 0 aromatic heterocycles. The summed E-state index contributed by atoms with van der Waals surface area (Å²) in [5.41, 5.74) is 0. The van der Waals surface area contributed by atoms with Gasteiger partial charge >= 0.3 is 0 Å². The van der Waals surface area contributed by atoms with Crippen molar-refractivity contribution in [3.05, 3.63) is 0 Å². The van der Waals surface area contributed by atoms with Crippen LogP contribution in [0.2, 0.25) is 10.6 Å². The maximum atomic E-state index is 5.07. The molecule has 15 heavy (non-hydrogen) atoms. The molecule has 0 aromatic rings. The van der Waals surface area contributed by atoms with Crippen molar-refractivity contribution in [1.82, 2.24) is 0 Å². The number of hydrogen-bond donors (Lipinski definition) is 0. The first kappa shape index (κ1) is 15.5. The molecule has 0 aromatic carbocycles. The van der Waals surface area contributed by atoms with Crippen molar-refractivity contribution in [2.45, 2.75) is 57.5 Å². The van der Waals surface area contributed by atoms with E-state index in [1.165, 1.54) is 29.8 Å². The van der Waals surface area contributed by atoms with E-state index < -0.39 is 0 Å². The summed E-state index contributed by atoms with van der Waals surface area (Å²) in [6.45, 7) is 11.3. The van der Waals surface area contributed by atoms with Gasteiger partial charge in [0.15, 0.2) is 0 Å². The molecule has 0 saturated carbocycles. The third-order valence-electron chi connectivity index (χ3n) is 2.35. The standard InChI is InChI=1S/C5H10O.2C4H9.Al/c1-2-4-6-5-3-1;2*1-4(2)3;/h1-5H2;2*4H,1H2,2-3H3;. The Hall–Kier alpha value is 0.492. The zero-order valence-corrected chi connectivity index (χ0v) is 12.2. The molecule has 1 saturated heterocycles. The molecule has 1 nitrogen and oxygen atoms in total. The average molecular weight is 227 g/mol. The van der Waals surface area contributed by atoms with Gasteiger partial charge in [-0.25, -0.2) is 0 Å². The highest BCUT2D eigenvalue weighted by Gasteiger charge is 1.98. The first-order valence-electron chi connectivity index (χ1n) is 6.52. The van der Waals surface area contributed by atoms with Gasteiger partial charge in [-0.15, -0.1) is 10.6 Å². The van der Waals surface area contributed by atoms with Crippen molar-refractivity contribution < 1.29 is 4.74 Å². The maximum Gasteiger partial charge on any atom is 0.200 e. The lowest BCUT2D eigenvalue weighted by Gasteiger charge is -2.08. The summed E-state index contributed by atoms with van der Waals surface area (Å²) in [5.74, 6) is 1.86. The fourth-order valence-corrected chi connectivity index (χ4v) is 2.98. The summed E-state index contributed by atoms with van der Waals surface area (Å²) in [6.07, 6.45) is 3.93. The quantitative estimate of drug-likeness (QED) is 0.659.